The lowest BCUT2D eigenvalue weighted by Gasteiger charge is -2.30. The molecule has 2 heterocycles. The summed E-state index contributed by atoms with van der Waals surface area (Å²) < 4.78 is 16.6. The van der Waals surface area contributed by atoms with E-state index in [1.54, 1.807) is 0 Å². The number of piperidine rings is 1. The minimum Gasteiger partial charge on any atom is -0.488 e. The summed E-state index contributed by atoms with van der Waals surface area (Å²) in [5.41, 5.74) is 1.31. The second kappa shape index (κ2) is 8.93. The van der Waals surface area contributed by atoms with Crippen LogP contribution in [0.25, 0.3) is 10.8 Å². The fourth-order valence-electron chi connectivity index (χ4n) is 4.09. The number of carbonyl (C=O) groups is 1. The molecule has 0 aromatic heterocycles. The van der Waals surface area contributed by atoms with Crippen LogP contribution >= 0.6 is 0 Å². The lowest BCUT2D eigenvalue weighted by Crippen LogP contribution is -2.36. The molecule has 4 rings (SSSR count). The average molecular weight is 383 g/mol. The zero-order valence-corrected chi connectivity index (χ0v) is 16.6. The summed E-state index contributed by atoms with van der Waals surface area (Å²) in [7, 11) is 0. The van der Waals surface area contributed by atoms with Gasteiger partial charge in [-0.2, -0.15) is 0 Å². The molecular formula is C23H29NO4. The van der Waals surface area contributed by atoms with E-state index < -0.39 is 0 Å². The van der Waals surface area contributed by atoms with E-state index in [0.29, 0.717) is 13.2 Å². The first kappa shape index (κ1) is 19.2. The molecule has 0 spiro atoms. The Balaban J connectivity index is 1.35. The van der Waals surface area contributed by atoms with Gasteiger partial charge in [0.1, 0.15) is 11.9 Å². The van der Waals surface area contributed by atoms with Crippen molar-refractivity contribution in [3.8, 4) is 5.75 Å². The fraction of sp³-hybridized carbons (Fsp3) is 0.522. The summed E-state index contributed by atoms with van der Waals surface area (Å²) in [6.07, 6.45) is 2.91. The number of carbonyl (C=O) groups excluding carboxylic acids is 1. The second-order valence-corrected chi connectivity index (χ2v) is 7.75. The van der Waals surface area contributed by atoms with Crippen molar-refractivity contribution < 1.29 is 19.0 Å². The third kappa shape index (κ3) is 4.65. The van der Waals surface area contributed by atoms with E-state index in [1.165, 1.54) is 16.3 Å². The van der Waals surface area contributed by atoms with Crippen molar-refractivity contribution in [3.05, 3.63) is 42.0 Å². The number of esters is 1. The first-order valence-electron chi connectivity index (χ1n) is 10.4. The maximum Gasteiger partial charge on any atom is 0.309 e. The predicted octanol–water partition coefficient (Wildman–Crippen LogP) is 3.78. The maximum atomic E-state index is 11.9. The van der Waals surface area contributed by atoms with Crippen molar-refractivity contribution in [2.45, 2.75) is 38.8 Å². The number of hydrogen-bond acceptors (Lipinski definition) is 5. The van der Waals surface area contributed by atoms with E-state index in [1.807, 2.05) is 6.92 Å². The highest BCUT2D eigenvalue weighted by molar-refractivity contribution is 5.84. The smallest absolute Gasteiger partial charge is 0.309 e. The summed E-state index contributed by atoms with van der Waals surface area (Å²) in [5.74, 6) is 0.948. The van der Waals surface area contributed by atoms with Crippen molar-refractivity contribution in [1.29, 1.82) is 0 Å². The van der Waals surface area contributed by atoms with E-state index in [0.717, 1.165) is 51.3 Å². The number of hydrogen-bond donors (Lipinski definition) is 0. The Hall–Kier alpha value is -2.11. The zero-order chi connectivity index (χ0) is 19.3. The molecule has 0 saturated carbocycles. The molecule has 2 aromatic carbocycles. The highest BCUT2D eigenvalue weighted by atomic mass is 16.5. The minimum absolute atomic E-state index is 0.0324. The number of likely N-dealkylation sites (tertiary alicyclic amines) is 1. The molecule has 5 nitrogen and oxygen atoms in total. The molecule has 28 heavy (non-hydrogen) atoms. The Morgan fingerprint density at radius 2 is 1.89 bits per heavy atom. The summed E-state index contributed by atoms with van der Waals surface area (Å²) in [4.78, 5) is 14.3. The van der Waals surface area contributed by atoms with Crippen LogP contribution in [0.5, 0.6) is 5.75 Å². The molecule has 0 amide bonds. The number of benzene rings is 2. The van der Waals surface area contributed by atoms with E-state index in [9.17, 15) is 4.79 Å². The lowest BCUT2D eigenvalue weighted by atomic mass is 9.96. The Morgan fingerprint density at radius 3 is 2.64 bits per heavy atom. The van der Waals surface area contributed by atoms with Gasteiger partial charge in [-0.1, -0.05) is 18.2 Å². The Morgan fingerprint density at radius 1 is 1.11 bits per heavy atom. The number of fused-ring (bicyclic) bond motifs is 1. The third-order valence-corrected chi connectivity index (χ3v) is 5.68. The second-order valence-electron chi connectivity index (χ2n) is 7.75. The molecule has 2 aliphatic heterocycles. The standard InChI is InChI=1S/C23H29NO4/c1-2-27-23(25)18-7-10-24(11-8-18)15-17-3-4-20-14-21(6-5-19(20)13-17)28-22-9-12-26-16-22/h3-6,13-14,18,22H,2,7-12,15-16H2,1H3/t22-/m0/s1. The molecular weight excluding hydrogens is 354 g/mol. The molecule has 0 aliphatic carbocycles. The molecule has 150 valence electrons. The number of rotatable bonds is 6. The quantitative estimate of drug-likeness (QED) is 0.711. The van der Waals surface area contributed by atoms with E-state index in [2.05, 4.69) is 41.3 Å². The van der Waals surface area contributed by atoms with Gasteiger partial charge in [-0.3, -0.25) is 9.69 Å². The van der Waals surface area contributed by atoms with Gasteiger partial charge in [-0.05, 0) is 67.4 Å². The predicted molar refractivity (Wildman–Crippen MR) is 108 cm³/mol. The molecule has 2 fully saturated rings. The van der Waals surface area contributed by atoms with Gasteiger partial charge in [0.05, 0.1) is 25.7 Å². The molecule has 2 aliphatic rings. The molecule has 1 atom stereocenters. The van der Waals surface area contributed by atoms with Gasteiger partial charge in [0.15, 0.2) is 0 Å². The van der Waals surface area contributed by atoms with E-state index in [4.69, 9.17) is 14.2 Å². The monoisotopic (exact) mass is 383 g/mol. The van der Waals surface area contributed by atoms with Gasteiger partial charge in [0.2, 0.25) is 0 Å². The molecule has 2 saturated heterocycles. The van der Waals surface area contributed by atoms with Gasteiger partial charge >= 0.3 is 5.97 Å². The first-order valence-corrected chi connectivity index (χ1v) is 10.4. The van der Waals surface area contributed by atoms with Crippen LogP contribution in [0.3, 0.4) is 0 Å². The van der Waals surface area contributed by atoms with Crippen molar-refractivity contribution in [1.82, 2.24) is 4.90 Å². The fourth-order valence-corrected chi connectivity index (χ4v) is 4.09. The van der Waals surface area contributed by atoms with Gasteiger partial charge in [-0.25, -0.2) is 0 Å². The Labute approximate surface area is 166 Å². The number of ether oxygens (including phenoxy) is 3. The Bertz CT molecular complexity index is 807. The van der Waals surface area contributed by atoms with Gasteiger partial charge in [0, 0.05) is 13.0 Å². The van der Waals surface area contributed by atoms with Crippen LogP contribution in [0, 0.1) is 5.92 Å². The molecule has 0 radical (unpaired) electrons. The first-order chi connectivity index (χ1) is 13.7. The van der Waals surface area contributed by atoms with Crippen LogP contribution in [0.4, 0.5) is 0 Å². The van der Waals surface area contributed by atoms with Gasteiger partial charge < -0.3 is 14.2 Å². The van der Waals surface area contributed by atoms with Crippen LogP contribution in [0.2, 0.25) is 0 Å². The van der Waals surface area contributed by atoms with Crippen molar-refractivity contribution >= 4 is 16.7 Å². The van der Waals surface area contributed by atoms with E-state index >= 15 is 0 Å². The molecule has 2 aromatic rings. The highest BCUT2D eigenvalue weighted by Crippen LogP contribution is 2.26. The zero-order valence-electron chi connectivity index (χ0n) is 16.6. The molecule has 5 heteroatoms. The summed E-state index contributed by atoms with van der Waals surface area (Å²) >= 11 is 0. The van der Waals surface area contributed by atoms with Crippen molar-refractivity contribution in [2.75, 3.05) is 32.9 Å². The highest BCUT2D eigenvalue weighted by Gasteiger charge is 2.25. The normalized spacial score (nSPS) is 21.1. The Kier molecular flexibility index (Phi) is 6.13. The van der Waals surface area contributed by atoms with Crippen molar-refractivity contribution in [2.24, 2.45) is 5.92 Å². The molecule has 0 bridgehead atoms. The minimum atomic E-state index is -0.0324. The lowest BCUT2D eigenvalue weighted by molar-refractivity contribution is -0.149. The van der Waals surface area contributed by atoms with Crippen LogP contribution in [0.15, 0.2) is 36.4 Å². The summed E-state index contributed by atoms with van der Waals surface area (Å²) in [6, 6.07) is 12.9. The van der Waals surface area contributed by atoms with E-state index in [-0.39, 0.29) is 18.0 Å². The molecule has 0 unspecified atom stereocenters. The van der Waals surface area contributed by atoms with Crippen LogP contribution in [-0.2, 0) is 20.8 Å². The van der Waals surface area contributed by atoms with Crippen molar-refractivity contribution in [3.63, 3.8) is 0 Å². The topological polar surface area (TPSA) is 48.0 Å². The van der Waals surface area contributed by atoms with Crippen LogP contribution < -0.4 is 4.74 Å². The molecule has 0 N–H and O–H groups in total. The SMILES string of the molecule is CCOC(=O)C1CCN(Cc2ccc3cc(O[C@H]4CCOC4)ccc3c2)CC1. The van der Waals surface area contributed by atoms with Crippen LogP contribution in [-0.4, -0.2) is 49.9 Å². The summed E-state index contributed by atoms with van der Waals surface area (Å²) in [6.45, 7) is 6.61. The summed E-state index contributed by atoms with van der Waals surface area (Å²) in [5, 5.41) is 2.43. The largest absolute Gasteiger partial charge is 0.488 e. The van der Waals surface area contributed by atoms with Crippen LogP contribution in [0.1, 0.15) is 31.7 Å². The maximum absolute atomic E-state index is 11.9. The number of nitrogens with zero attached hydrogens (tertiary/aromatic N) is 1. The van der Waals surface area contributed by atoms with Gasteiger partial charge in [-0.15, -0.1) is 0 Å². The average Bonchev–Trinajstić information content (AvgIpc) is 3.22. The third-order valence-electron chi connectivity index (χ3n) is 5.68. The van der Waals surface area contributed by atoms with Gasteiger partial charge in [0.25, 0.3) is 0 Å².